The minimum absolute atomic E-state index is 0.0842. The Balaban J connectivity index is 1.56. The van der Waals surface area contributed by atoms with E-state index in [1.807, 2.05) is 13.8 Å². The third kappa shape index (κ3) is 7.97. The highest BCUT2D eigenvalue weighted by Gasteiger charge is 2.46. The summed E-state index contributed by atoms with van der Waals surface area (Å²) in [6.45, 7) is 10.0. The molecule has 1 unspecified atom stereocenters. The van der Waals surface area contributed by atoms with Crippen molar-refractivity contribution in [1.29, 1.82) is 0 Å². The topological polar surface area (TPSA) is 152 Å². The second kappa shape index (κ2) is 12.8. The SMILES string of the molecule is CC1(C)CCCCCOC(=O)c2ccc3c(c2)CN(C3)C(=O)O[C@@H]2CC(C(=O)O)N(C2)C(=O)[C@H](C(C)(C)C)NC(=O)OC1. The highest BCUT2D eigenvalue weighted by atomic mass is 16.6. The molecule has 0 radical (unpaired) electrons. The van der Waals surface area contributed by atoms with Crippen molar-refractivity contribution in [3.8, 4) is 0 Å². The van der Waals surface area contributed by atoms with Crippen molar-refractivity contribution >= 4 is 30.0 Å². The summed E-state index contributed by atoms with van der Waals surface area (Å²) in [6, 6.07) is 2.89. The van der Waals surface area contributed by atoms with Gasteiger partial charge in [-0.25, -0.2) is 19.2 Å². The van der Waals surface area contributed by atoms with E-state index in [9.17, 15) is 29.1 Å². The number of alkyl carbamates (subject to hydrolysis) is 1. The molecule has 236 valence electrons. The molecule has 4 rings (SSSR count). The molecule has 0 spiro atoms. The molecule has 12 nitrogen and oxygen atoms in total. The molecule has 1 aromatic carbocycles. The monoisotopic (exact) mass is 601 g/mol. The molecule has 43 heavy (non-hydrogen) atoms. The maximum absolute atomic E-state index is 13.8. The molecule has 12 heteroatoms. The first-order valence-corrected chi connectivity index (χ1v) is 14.9. The highest BCUT2D eigenvalue weighted by molar-refractivity contribution is 5.91. The van der Waals surface area contributed by atoms with Crippen LogP contribution >= 0.6 is 0 Å². The number of hydrogen-bond acceptors (Lipinski definition) is 8. The molecule has 0 aliphatic carbocycles. The van der Waals surface area contributed by atoms with Crippen LogP contribution in [-0.4, -0.2) is 82.9 Å². The number of carbonyl (C=O) groups excluding carboxylic acids is 4. The molecule has 3 aliphatic rings. The maximum atomic E-state index is 13.8. The van der Waals surface area contributed by atoms with Gasteiger partial charge in [0.2, 0.25) is 5.91 Å². The quantitative estimate of drug-likeness (QED) is 0.358. The lowest BCUT2D eigenvalue weighted by Crippen LogP contribution is -2.57. The van der Waals surface area contributed by atoms with E-state index >= 15 is 0 Å². The lowest BCUT2D eigenvalue weighted by Gasteiger charge is -2.34. The fourth-order valence-electron chi connectivity index (χ4n) is 5.67. The summed E-state index contributed by atoms with van der Waals surface area (Å²) in [5.41, 5.74) is 0.988. The van der Waals surface area contributed by atoms with Gasteiger partial charge < -0.3 is 29.5 Å². The van der Waals surface area contributed by atoms with Gasteiger partial charge >= 0.3 is 24.1 Å². The molecule has 5 bridgehead atoms. The Bertz CT molecular complexity index is 1260. The highest BCUT2D eigenvalue weighted by Crippen LogP contribution is 2.30. The van der Waals surface area contributed by atoms with Crippen molar-refractivity contribution in [3.05, 3.63) is 34.9 Å². The standard InChI is InChI=1S/C31H43N3O9/c1-30(2,3)24-25(35)34-17-22(14-23(34)26(36)37)43-29(40)33-15-20-10-9-19(13-21(20)16-33)27(38)41-12-8-6-7-11-31(4,5)18-42-28(39)32-24/h9-10,13,22-24H,6-8,11-12,14-18H2,1-5H3,(H,32,39)(H,36,37)/t22-,23?,24-/m1/s1. The van der Waals surface area contributed by atoms with E-state index in [2.05, 4.69) is 5.32 Å². The van der Waals surface area contributed by atoms with Crippen LogP contribution in [0.3, 0.4) is 0 Å². The maximum Gasteiger partial charge on any atom is 0.410 e. The summed E-state index contributed by atoms with van der Waals surface area (Å²) in [7, 11) is 0. The second-order valence-electron chi connectivity index (χ2n) is 13.6. The van der Waals surface area contributed by atoms with E-state index in [0.29, 0.717) is 12.0 Å². The zero-order chi connectivity index (χ0) is 31.5. The number of carboxylic acids is 1. The first-order valence-electron chi connectivity index (χ1n) is 14.9. The molecule has 3 aliphatic heterocycles. The Morgan fingerprint density at radius 1 is 1.02 bits per heavy atom. The number of fused-ring (bicyclic) bond motifs is 4. The third-order valence-corrected chi connectivity index (χ3v) is 8.22. The molecule has 3 heterocycles. The van der Waals surface area contributed by atoms with Gasteiger partial charge in [0.05, 0.1) is 25.3 Å². The molecule has 2 N–H and O–H groups in total. The first kappa shape index (κ1) is 32.1. The lowest BCUT2D eigenvalue weighted by atomic mass is 9.85. The number of nitrogens with zero attached hydrogens (tertiary/aromatic N) is 2. The third-order valence-electron chi connectivity index (χ3n) is 8.22. The number of aliphatic carboxylic acids is 1. The van der Waals surface area contributed by atoms with Gasteiger partial charge in [0.1, 0.15) is 18.2 Å². The summed E-state index contributed by atoms with van der Waals surface area (Å²) in [4.78, 5) is 67.1. The number of benzene rings is 1. The summed E-state index contributed by atoms with van der Waals surface area (Å²) >= 11 is 0. The Kier molecular flexibility index (Phi) is 9.56. The minimum Gasteiger partial charge on any atom is -0.480 e. The van der Waals surface area contributed by atoms with Crippen molar-refractivity contribution in [1.82, 2.24) is 15.1 Å². The molecule has 0 aromatic heterocycles. The Morgan fingerprint density at radius 2 is 1.74 bits per heavy atom. The van der Waals surface area contributed by atoms with Gasteiger partial charge in [-0.1, -0.05) is 53.5 Å². The van der Waals surface area contributed by atoms with Gasteiger partial charge in [-0.3, -0.25) is 9.69 Å². The predicted molar refractivity (Wildman–Crippen MR) is 154 cm³/mol. The van der Waals surface area contributed by atoms with E-state index in [4.69, 9.17) is 14.2 Å². The van der Waals surface area contributed by atoms with Crippen LogP contribution in [-0.2, 0) is 36.9 Å². The molecule has 3 amide bonds. The number of carbonyl (C=O) groups is 5. The van der Waals surface area contributed by atoms with Crippen LogP contribution in [0.15, 0.2) is 18.2 Å². The largest absolute Gasteiger partial charge is 0.480 e. The van der Waals surface area contributed by atoms with Crippen LogP contribution in [0, 0.1) is 10.8 Å². The minimum atomic E-state index is -1.23. The van der Waals surface area contributed by atoms with Gasteiger partial charge in [-0.2, -0.15) is 0 Å². The Morgan fingerprint density at radius 3 is 2.44 bits per heavy atom. The number of cyclic esters (lactones) is 2. The summed E-state index contributed by atoms with van der Waals surface area (Å²) in [5, 5.41) is 12.6. The van der Waals surface area contributed by atoms with Crippen LogP contribution in [0.4, 0.5) is 9.59 Å². The average Bonchev–Trinajstić information content (AvgIpc) is 3.55. The molecule has 1 saturated heterocycles. The van der Waals surface area contributed by atoms with Crippen LogP contribution in [0.1, 0.15) is 88.2 Å². The van der Waals surface area contributed by atoms with Crippen LogP contribution in [0.2, 0.25) is 0 Å². The number of esters is 1. The summed E-state index contributed by atoms with van der Waals surface area (Å²) in [5.74, 6) is -2.24. The molecular formula is C31H43N3O9. The van der Waals surface area contributed by atoms with E-state index in [0.717, 1.165) is 35.3 Å². The number of rotatable bonds is 1. The summed E-state index contributed by atoms with van der Waals surface area (Å²) < 4.78 is 16.7. The Hall–Kier alpha value is -3.83. The fraction of sp³-hybridized carbons (Fsp3) is 0.645. The van der Waals surface area contributed by atoms with Crippen LogP contribution in [0.5, 0.6) is 0 Å². The van der Waals surface area contributed by atoms with Gasteiger partial charge in [0, 0.05) is 19.5 Å². The number of ether oxygens (including phenoxy) is 3. The van der Waals surface area contributed by atoms with Gasteiger partial charge in [0.15, 0.2) is 0 Å². The van der Waals surface area contributed by atoms with Crippen molar-refractivity contribution in [2.45, 2.75) is 98.0 Å². The second-order valence-corrected chi connectivity index (χ2v) is 13.6. The van der Waals surface area contributed by atoms with E-state index < -0.39 is 53.6 Å². The number of nitrogens with one attached hydrogen (secondary N) is 1. The van der Waals surface area contributed by atoms with E-state index in [1.54, 1.807) is 39.0 Å². The van der Waals surface area contributed by atoms with Crippen molar-refractivity contribution in [3.63, 3.8) is 0 Å². The van der Waals surface area contributed by atoms with Gasteiger partial charge in [-0.15, -0.1) is 0 Å². The van der Waals surface area contributed by atoms with Gasteiger partial charge in [0.25, 0.3) is 0 Å². The van der Waals surface area contributed by atoms with E-state index in [-0.39, 0.29) is 44.7 Å². The average molecular weight is 602 g/mol. The van der Waals surface area contributed by atoms with Crippen molar-refractivity contribution in [2.24, 2.45) is 10.8 Å². The fourth-order valence-corrected chi connectivity index (χ4v) is 5.67. The molecule has 3 atom stereocenters. The van der Waals surface area contributed by atoms with Crippen molar-refractivity contribution in [2.75, 3.05) is 19.8 Å². The predicted octanol–water partition coefficient (Wildman–Crippen LogP) is 4.09. The smallest absolute Gasteiger partial charge is 0.410 e. The zero-order valence-corrected chi connectivity index (χ0v) is 25.6. The number of amides is 3. The zero-order valence-electron chi connectivity index (χ0n) is 25.6. The lowest BCUT2D eigenvalue weighted by molar-refractivity contribution is -0.150. The first-order chi connectivity index (χ1) is 20.1. The number of carboxylic acid groups (broad SMARTS) is 1. The molecule has 1 fully saturated rings. The van der Waals surface area contributed by atoms with Crippen LogP contribution in [0.25, 0.3) is 0 Å². The number of hydrogen-bond donors (Lipinski definition) is 2. The van der Waals surface area contributed by atoms with Crippen molar-refractivity contribution < 1.29 is 43.3 Å². The normalized spacial score (nSPS) is 25.8. The molecular weight excluding hydrogens is 558 g/mol. The van der Waals surface area contributed by atoms with Crippen LogP contribution < -0.4 is 5.32 Å². The van der Waals surface area contributed by atoms with Gasteiger partial charge in [-0.05, 0) is 46.9 Å². The molecule has 0 saturated carbocycles. The molecule has 1 aromatic rings. The summed E-state index contributed by atoms with van der Waals surface area (Å²) in [6.07, 6.45) is 0.777. The van der Waals surface area contributed by atoms with E-state index in [1.165, 1.54) is 4.90 Å². The Labute approximate surface area is 252 Å².